The van der Waals surface area contributed by atoms with Crippen molar-refractivity contribution < 1.29 is 20.1 Å². The average Bonchev–Trinajstić information content (AvgIpc) is 2.37. The zero-order valence-corrected chi connectivity index (χ0v) is 9.84. The quantitative estimate of drug-likeness (QED) is 0.647. The van der Waals surface area contributed by atoms with Crippen LogP contribution in [0.3, 0.4) is 0 Å². The van der Waals surface area contributed by atoms with Crippen LogP contribution in [0, 0.1) is 0 Å². The Bertz CT molecular complexity index is 375. The van der Waals surface area contributed by atoms with Crippen molar-refractivity contribution in [1.82, 2.24) is 0 Å². The minimum absolute atomic E-state index is 0.00398. The van der Waals surface area contributed by atoms with Gasteiger partial charge in [0, 0.05) is 18.6 Å². The minimum Gasteiger partial charge on any atom is -0.396 e. The fraction of sp³-hybridized carbons (Fsp3) is 0.462. The van der Waals surface area contributed by atoms with Gasteiger partial charge in [-0.3, -0.25) is 4.79 Å². The predicted molar refractivity (Wildman–Crippen MR) is 63.7 cm³/mol. The number of carbonyl (C=O) groups excluding carboxylic acids is 1. The number of carbonyl (C=O) groups is 1. The molecule has 17 heavy (non-hydrogen) atoms. The lowest BCUT2D eigenvalue weighted by Gasteiger charge is -2.17. The molecule has 2 unspecified atom stereocenters. The lowest BCUT2D eigenvalue weighted by atomic mass is 9.98. The van der Waals surface area contributed by atoms with Crippen molar-refractivity contribution in [1.29, 1.82) is 0 Å². The van der Waals surface area contributed by atoms with E-state index in [-0.39, 0.29) is 18.8 Å². The Morgan fingerprint density at radius 1 is 1.35 bits per heavy atom. The van der Waals surface area contributed by atoms with Crippen LogP contribution in [0.1, 0.15) is 41.8 Å². The summed E-state index contributed by atoms with van der Waals surface area (Å²) in [7, 11) is 0. The predicted octanol–water partition coefficient (Wildman–Crippen LogP) is 1.06. The van der Waals surface area contributed by atoms with E-state index in [0.717, 1.165) is 0 Å². The van der Waals surface area contributed by atoms with Crippen molar-refractivity contribution in [3.05, 3.63) is 35.4 Å². The summed E-state index contributed by atoms with van der Waals surface area (Å²) in [5.74, 6) is -0.00398. The molecule has 4 nitrogen and oxygen atoms in total. The smallest absolute Gasteiger partial charge is 0.162 e. The molecule has 0 aliphatic rings. The second-order valence-electron chi connectivity index (χ2n) is 3.93. The molecule has 0 spiro atoms. The van der Waals surface area contributed by atoms with Gasteiger partial charge in [0.05, 0.1) is 6.10 Å². The first-order valence-electron chi connectivity index (χ1n) is 5.70. The van der Waals surface area contributed by atoms with Crippen LogP contribution < -0.4 is 0 Å². The fourth-order valence-corrected chi connectivity index (χ4v) is 1.61. The molecule has 1 rings (SSSR count). The maximum atomic E-state index is 11.5. The van der Waals surface area contributed by atoms with Gasteiger partial charge in [-0.1, -0.05) is 25.1 Å². The second-order valence-corrected chi connectivity index (χ2v) is 3.93. The maximum Gasteiger partial charge on any atom is 0.162 e. The van der Waals surface area contributed by atoms with Crippen LogP contribution in [0.2, 0.25) is 0 Å². The molecule has 1 aromatic rings. The van der Waals surface area contributed by atoms with Crippen molar-refractivity contribution in [2.75, 3.05) is 6.61 Å². The molecule has 0 aliphatic heterocycles. The molecule has 0 fully saturated rings. The van der Waals surface area contributed by atoms with E-state index in [2.05, 4.69) is 0 Å². The fourth-order valence-electron chi connectivity index (χ4n) is 1.61. The van der Waals surface area contributed by atoms with Crippen molar-refractivity contribution in [3.63, 3.8) is 0 Å². The normalized spacial score (nSPS) is 14.4. The van der Waals surface area contributed by atoms with Gasteiger partial charge >= 0.3 is 0 Å². The van der Waals surface area contributed by atoms with Crippen LogP contribution >= 0.6 is 0 Å². The molecule has 4 heteroatoms. The van der Waals surface area contributed by atoms with Crippen LogP contribution in [0.25, 0.3) is 0 Å². The summed E-state index contributed by atoms with van der Waals surface area (Å²) < 4.78 is 0. The van der Waals surface area contributed by atoms with E-state index in [1.165, 1.54) is 0 Å². The molecule has 0 saturated carbocycles. The Morgan fingerprint density at radius 3 is 2.65 bits per heavy atom. The number of Topliss-reactive ketones (excluding diaryl/α,β-unsaturated/α-hetero) is 1. The summed E-state index contributed by atoms with van der Waals surface area (Å²) in [6.45, 7) is 1.58. The first-order chi connectivity index (χ1) is 8.10. The molecule has 0 amide bonds. The minimum atomic E-state index is -1.08. The highest BCUT2D eigenvalue weighted by Crippen LogP contribution is 2.20. The second kappa shape index (κ2) is 6.49. The third-order valence-corrected chi connectivity index (χ3v) is 2.66. The number of rotatable bonds is 6. The molecule has 3 N–H and O–H groups in total. The van der Waals surface area contributed by atoms with Crippen LogP contribution in [-0.2, 0) is 0 Å². The van der Waals surface area contributed by atoms with E-state index in [1.54, 1.807) is 31.2 Å². The topological polar surface area (TPSA) is 77.8 Å². The van der Waals surface area contributed by atoms with Gasteiger partial charge < -0.3 is 15.3 Å². The van der Waals surface area contributed by atoms with E-state index < -0.39 is 12.2 Å². The number of hydrogen-bond donors (Lipinski definition) is 3. The number of aliphatic hydroxyl groups excluding tert-OH is 3. The first kappa shape index (κ1) is 13.8. The highest BCUT2D eigenvalue weighted by Gasteiger charge is 2.18. The molecular formula is C13H18O4. The molecule has 1 aromatic carbocycles. The van der Waals surface area contributed by atoms with Gasteiger partial charge in [0.2, 0.25) is 0 Å². The van der Waals surface area contributed by atoms with Gasteiger partial charge in [0.15, 0.2) is 5.78 Å². The van der Waals surface area contributed by atoms with Crippen LogP contribution in [0.15, 0.2) is 24.3 Å². The molecular weight excluding hydrogens is 220 g/mol. The molecule has 2 atom stereocenters. The molecule has 0 heterocycles. The molecule has 0 radical (unpaired) electrons. The molecule has 0 aromatic heterocycles. The highest BCUT2D eigenvalue weighted by molar-refractivity contribution is 5.95. The summed E-state index contributed by atoms with van der Waals surface area (Å²) in [5.41, 5.74) is 1.02. The molecule has 0 aliphatic carbocycles. The molecule has 0 bridgehead atoms. The first-order valence-corrected chi connectivity index (χ1v) is 5.70. The van der Waals surface area contributed by atoms with Crippen molar-refractivity contribution in [3.8, 4) is 0 Å². The largest absolute Gasteiger partial charge is 0.396 e. The van der Waals surface area contributed by atoms with Crippen LogP contribution in [0.5, 0.6) is 0 Å². The van der Waals surface area contributed by atoms with Crippen molar-refractivity contribution in [2.45, 2.75) is 32.0 Å². The zero-order valence-electron chi connectivity index (χ0n) is 9.84. The summed E-state index contributed by atoms with van der Waals surface area (Å²) in [4.78, 5) is 11.5. The monoisotopic (exact) mass is 238 g/mol. The molecule has 0 saturated heterocycles. The molecule has 94 valence electrons. The number of hydrogen-bond acceptors (Lipinski definition) is 4. The maximum absolute atomic E-state index is 11.5. The Kier molecular flexibility index (Phi) is 5.28. The Labute approximate surface area is 101 Å². The van der Waals surface area contributed by atoms with E-state index in [4.69, 9.17) is 5.11 Å². The van der Waals surface area contributed by atoms with Crippen LogP contribution in [-0.4, -0.2) is 33.8 Å². The van der Waals surface area contributed by atoms with Gasteiger partial charge in [-0.15, -0.1) is 0 Å². The van der Waals surface area contributed by atoms with E-state index in [0.29, 0.717) is 17.5 Å². The summed E-state index contributed by atoms with van der Waals surface area (Å²) >= 11 is 0. The van der Waals surface area contributed by atoms with E-state index in [9.17, 15) is 15.0 Å². The third-order valence-electron chi connectivity index (χ3n) is 2.66. The lowest BCUT2D eigenvalue weighted by Crippen LogP contribution is -2.19. The van der Waals surface area contributed by atoms with E-state index >= 15 is 0 Å². The van der Waals surface area contributed by atoms with Gasteiger partial charge in [-0.25, -0.2) is 0 Å². The lowest BCUT2D eigenvalue weighted by molar-refractivity contribution is 0.00418. The number of ketones is 1. The summed E-state index contributed by atoms with van der Waals surface area (Å²) in [5, 5.41) is 28.1. The highest BCUT2D eigenvalue weighted by atomic mass is 16.3. The van der Waals surface area contributed by atoms with Gasteiger partial charge in [0.25, 0.3) is 0 Å². The Balaban J connectivity index is 2.87. The van der Waals surface area contributed by atoms with Gasteiger partial charge in [-0.05, 0) is 18.1 Å². The Hall–Kier alpha value is -1.23. The van der Waals surface area contributed by atoms with Gasteiger partial charge in [-0.2, -0.15) is 0 Å². The Morgan fingerprint density at radius 2 is 2.06 bits per heavy atom. The van der Waals surface area contributed by atoms with E-state index in [1.807, 2.05) is 0 Å². The van der Waals surface area contributed by atoms with Crippen LogP contribution in [0.4, 0.5) is 0 Å². The number of benzene rings is 1. The summed E-state index contributed by atoms with van der Waals surface area (Å²) in [6, 6.07) is 6.59. The van der Waals surface area contributed by atoms with Gasteiger partial charge in [0.1, 0.15) is 6.10 Å². The standard InChI is InChI=1S/C13H18O4/c1-2-11(15)9-4-3-5-10(8-9)13(17)12(16)6-7-14/h3-5,8,12-14,16-17H,2,6-7H2,1H3. The van der Waals surface area contributed by atoms with Crippen molar-refractivity contribution in [2.24, 2.45) is 0 Å². The summed E-state index contributed by atoms with van der Waals surface area (Å²) in [6.07, 6.45) is -1.59. The number of aliphatic hydroxyl groups is 3. The average molecular weight is 238 g/mol. The SMILES string of the molecule is CCC(=O)c1cccc(C(O)C(O)CCO)c1. The van der Waals surface area contributed by atoms with Crippen molar-refractivity contribution >= 4 is 5.78 Å². The zero-order chi connectivity index (χ0) is 12.8. The third kappa shape index (κ3) is 3.63.